The molecule has 0 atom stereocenters. The predicted octanol–water partition coefficient (Wildman–Crippen LogP) is 3.15. The van der Waals surface area contributed by atoms with Gasteiger partial charge in [-0.05, 0) is 68.4 Å². The average molecular weight is 448 g/mol. The lowest BCUT2D eigenvalue weighted by molar-refractivity contribution is 0.100. The van der Waals surface area contributed by atoms with Crippen LogP contribution in [0.2, 0.25) is 0 Å². The fourth-order valence-electron chi connectivity index (χ4n) is 3.85. The van der Waals surface area contributed by atoms with Crippen molar-refractivity contribution in [3.8, 4) is 0 Å². The van der Waals surface area contributed by atoms with E-state index in [2.05, 4.69) is 5.32 Å². The number of sulfonamides is 1. The van der Waals surface area contributed by atoms with Gasteiger partial charge in [0.1, 0.15) is 5.00 Å². The van der Waals surface area contributed by atoms with Crippen LogP contribution < -0.4 is 11.1 Å². The first kappa shape index (κ1) is 21.0. The number of carbonyl (C=O) groups is 2. The summed E-state index contributed by atoms with van der Waals surface area (Å²) in [7, 11) is -1.97. The molecule has 0 spiro atoms. The minimum Gasteiger partial charge on any atom is -0.365 e. The molecular weight excluding hydrogens is 422 g/mol. The standard InChI is InChI=1S/C21H25N3O4S2/c1-24(14-9-10-14)30(27,28)15-11-7-13(8-12-15)20(26)23-21-18(19(22)25)16-5-3-2-4-6-17(16)29-21/h7-8,11-12,14H,2-6,9-10H2,1H3,(H2,22,25)(H,23,26). The molecule has 0 saturated heterocycles. The number of aryl methyl sites for hydroxylation is 1. The van der Waals surface area contributed by atoms with Crippen molar-refractivity contribution in [3.05, 3.63) is 45.8 Å². The number of rotatable bonds is 6. The second-order valence-electron chi connectivity index (χ2n) is 7.86. The van der Waals surface area contributed by atoms with Gasteiger partial charge in [0.05, 0.1) is 10.5 Å². The molecule has 0 radical (unpaired) electrons. The lowest BCUT2D eigenvalue weighted by Crippen LogP contribution is -2.29. The van der Waals surface area contributed by atoms with Gasteiger partial charge in [0.25, 0.3) is 11.8 Å². The van der Waals surface area contributed by atoms with Crippen molar-refractivity contribution in [3.63, 3.8) is 0 Å². The van der Waals surface area contributed by atoms with Crippen LogP contribution in [0.3, 0.4) is 0 Å². The molecule has 1 aromatic heterocycles. The van der Waals surface area contributed by atoms with Crippen LogP contribution >= 0.6 is 11.3 Å². The summed E-state index contributed by atoms with van der Waals surface area (Å²) < 4.78 is 26.6. The normalized spacial score (nSPS) is 16.7. The molecule has 0 unspecified atom stereocenters. The van der Waals surface area contributed by atoms with Crippen molar-refractivity contribution in [2.45, 2.75) is 55.9 Å². The highest BCUT2D eigenvalue weighted by Gasteiger charge is 2.35. The molecule has 1 heterocycles. The van der Waals surface area contributed by atoms with E-state index in [-0.39, 0.29) is 10.9 Å². The molecule has 1 aromatic carbocycles. The van der Waals surface area contributed by atoms with E-state index in [0.29, 0.717) is 16.1 Å². The second-order valence-corrected chi connectivity index (χ2v) is 11.0. The first-order valence-corrected chi connectivity index (χ1v) is 12.4. The van der Waals surface area contributed by atoms with Crippen molar-refractivity contribution in [2.75, 3.05) is 12.4 Å². The summed E-state index contributed by atoms with van der Waals surface area (Å²) in [6.07, 6.45) is 6.62. The van der Waals surface area contributed by atoms with E-state index in [1.165, 1.54) is 39.9 Å². The first-order chi connectivity index (χ1) is 14.3. The van der Waals surface area contributed by atoms with Crippen molar-refractivity contribution in [1.29, 1.82) is 0 Å². The Morgan fingerprint density at radius 3 is 2.40 bits per heavy atom. The lowest BCUT2D eigenvalue weighted by Gasteiger charge is -2.16. The molecule has 160 valence electrons. The van der Waals surface area contributed by atoms with Gasteiger partial charge in [0, 0.05) is 23.5 Å². The van der Waals surface area contributed by atoms with Gasteiger partial charge >= 0.3 is 0 Å². The van der Waals surface area contributed by atoms with E-state index in [9.17, 15) is 18.0 Å². The summed E-state index contributed by atoms with van der Waals surface area (Å²) in [6.45, 7) is 0. The summed E-state index contributed by atoms with van der Waals surface area (Å²) in [5.41, 5.74) is 7.32. The zero-order valence-corrected chi connectivity index (χ0v) is 18.4. The molecule has 9 heteroatoms. The Morgan fingerprint density at radius 2 is 1.77 bits per heavy atom. The molecular formula is C21H25N3O4S2. The van der Waals surface area contributed by atoms with Gasteiger partial charge in [-0.2, -0.15) is 4.31 Å². The highest BCUT2D eigenvalue weighted by atomic mass is 32.2. The van der Waals surface area contributed by atoms with Gasteiger partial charge in [-0.3, -0.25) is 9.59 Å². The molecule has 30 heavy (non-hydrogen) atoms. The highest BCUT2D eigenvalue weighted by molar-refractivity contribution is 7.89. The lowest BCUT2D eigenvalue weighted by atomic mass is 10.1. The second kappa shape index (κ2) is 8.13. The summed E-state index contributed by atoms with van der Waals surface area (Å²) in [5, 5.41) is 3.29. The monoisotopic (exact) mass is 447 g/mol. The van der Waals surface area contributed by atoms with Crippen molar-refractivity contribution in [1.82, 2.24) is 4.31 Å². The first-order valence-electron chi connectivity index (χ1n) is 10.1. The summed E-state index contributed by atoms with van der Waals surface area (Å²) in [4.78, 5) is 26.1. The Bertz CT molecular complexity index is 1090. The van der Waals surface area contributed by atoms with E-state index in [1.807, 2.05) is 0 Å². The minimum atomic E-state index is -3.56. The number of nitrogens with zero attached hydrogens (tertiary/aromatic N) is 1. The van der Waals surface area contributed by atoms with Gasteiger partial charge in [-0.25, -0.2) is 8.42 Å². The molecule has 0 bridgehead atoms. The molecule has 0 aliphatic heterocycles. The fraction of sp³-hybridized carbons (Fsp3) is 0.429. The maximum Gasteiger partial charge on any atom is 0.256 e. The summed E-state index contributed by atoms with van der Waals surface area (Å²) in [5.74, 6) is -0.928. The van der Waals surface area contributed by atoms with E-state index >= 15 is 0 Å². The van der Waals surface area contributed by atoms with Gasteiger partial charge in [-0.15, -0.1) is 11.3 Å². The Balaban J connectivity index is 1.55. The van der Waals surface area contributed by atoms with Crippen molar-refractivity contribution < 1.29 is 18.0 Å². The Kier molecular flexibility index (Phi) is 5.69. The number of fused-ring (bicyclic) bond motifs is 1. The number of hydrogen-bond donors (Lipinski definition) is 2. The zero-order chi connectivity index (χ0) is 21.5. The SMILES string of the molecule is CN(C1CC1)S(=O)(=O)c1ccc(C(=O)Nc2sc3c(c2C(N)=O)CCCCC3)cc1. The van der Waals surface area contributed by atoms with Crippen LogP contribution in [0.15, 0.2) is 29.2 Å². The van der Waals surface area contributed by atoms with Gasteiger partial charge in [0.2, 0.25) is 10.0 Å². The number of hydrogen-bond acceptors (Lipinski definition) is 5. The maximum atomic E-state index is 12.8. The Morgan fingerprint density at radius 1 is 1.10 bits per heavy atom. The number of amides is 2. The van der Waals surface area contributed by atoms with Crippen LogP contribution in [0.25, 0.3) is 0 Å². The smallest absolute Gasteiger partial charge is 0.256 e. The average Bonchev–Trinajstić information content (AvgIpc) is 3.53. The van der Waals surface area contributed by atoms with Crippen molar-refractivity contribution >= 4 is 38.2 Å². The van der Waals surface area contributed by atoms with Crippen LogP contribution in [0.5, 0.6) is 0 Å². The summed E-state index contributed by atoms with van der Waals surface area (Å²) in [6, 6.07) is 5.94. The third kappa shape index (κ3) is 4.01. The quantitative estimate of drug-likeness (QED) is 0.663. The number of nitrogens with two attached hydrogens (primary N) is 1. The minimum absolute atomic E-state index is 0.0688. The van der Waals surface area contributed by atoms with Gasteiger partial charge in [0.15, 0.2) is 0 Å². The predicted molar refractivity (Wildman–Crippen MR) is 116 cm³/mol. The molecule has 1 fully saturated rings. The van der Waals surface area contributed by atoms with Crippen LogP contribution in [0.1, 0.15) is 63.3 Å². The van der Waals surface area contributed by atoms with Crippen LogP contribution in [0, 0.1) is 0 Å². The third-order valence-corrected chi connectivity index (χ3v) is 8.88. The molecule has 3 N–H and O–H groups in total. The molecule has 4 rings (SSSR count). The number of carbonyl (C=O) groups excluding carboxylic acids is 2. The molecule has 2 aliphatic carbocycles. The zero-order valence-electron chi connectivity index (χ0n) is 16.8. The van der Waals surface area contributed by atoms with Gasteiger partial charge in [-0.1, -0.05) is 6.42 Å². The third-order valence-electron chi connectivity index (χ3n) is 5.75. The highest BCUT2D eigenvalue weighted by Crippen LogP contribution is 2.37. The largest absolute Gasteiger partial charge is 0.365 e. The molecule has 2 amide bonds. The Labute approximate surface area is 180 Å². The summed E-state index contributed by atoms with van der Waals surface area (Å²) >= 11 is 1.41. The number of primary amides is 1. The van der Waals surface area contributed by atoms with E-state index in [0.717, 1.165) is 55.4 Å². The molecule has 1 saturated carbocycles. The fourth-order valence-corrected chi connectivity index (χ4v) is 6.55. The number of benzene rings is 1. The number of nitrogens with one attached hydrogen (secondary N) is 1. The topological polar surface area (TPSA) is 110 Å². The molecule has 2 aromatic rings. The van der Waals surface area contributed by atoms with E-state index < -0.39 is 21.8 Å². The molecule has 2 aliphatic rings. The van der Waals surface area contributed by atoms with E-state index in [1.54, 1.807) is 7.05 Å². The van der Waals surface area contributed by atoms with Crippen LogP contribution in [0.4, 0.5) is 5.00 Å². The number of thiophene rings is 1. The Hall–Kier alpha value is -2.23. The maximum absolute atomic E-state index is 12.8. The van der Waals surface area contributed by atoms with Gasteiger partial charge < -0.3 is 11.1 Å². The van der Waals surface area contributed by atoms with Crippen LogP contribution in [-0.2, 0) is 22.9 Å². The number of anilines is 1. The molecule has 7 nitrogen and oxygen atoms in total. The van der Waals surface area contributed by atoms with Crippen molar-refractivity contribution in [2.24, 2.45) is 5.73 Å². The van der Waals surface area contributed by atoms with E-state index in [4.69, 9.17) is 5.73 Å². The van der Waals surface area contributed by atoms with Crippen LogP contribution in [-0.4, -0.2) is 37.6 Å².